The number of hydrogen-bond acceptors (Lipinski definition) is 14. The van der Waals surface area contributed by atoms with Crippen LogP contribution in [0.15, 0.2) is 0 Å². The molecule has 0 aliphatic carbocycles. The first kappa shape index (κ1) is 23.7. The second-order valence-electron chi connectivity index (χ2n) is 6.50. The van der Waals surface area contributed by atoms with Crippen molar-refractivity contribution in [2.75, 3.05) is 27.0 Å². The van der Waals surface area contributed by atoms with E-state index in [4.69, 9.17) is 24.2 Å². The number of hydrogen-bond donors (Lipinski definition) is 9. The topological polar surface area (TPSA) is 214 Å². The number of hydrazine groups is 1. The molecule has 0 aromatic carbocycles. The molecule has 28 heavy (non-hydrogen) atoms. The number of aliphatic hydroxyl groups is 7. The molecule has 0 bridgehead atoms. The van der Waals surface area contributed by atoms with Crippen molar-refractivity contribution < 1.29 is 59.9 Å². The summed E-state index contributed by atoms with van der Waals surface area (Å²) in [7, 11) is 1.27. The number of rotatable bonds is 8. The van der Waals surface area contributed by atoms with Gasteiger partial charge in [0.15, 0.2) is 12.6 Å². The quantitative estimate of drug-likeness (QED) is 0.133. The molecule has 0 unspecified atom stereocenters. The van der Waals surface area contributed by atoms with Gasteiger partial charge in [-0.1, -0.05) is 0 Å². The van der Waals surface area contributed by atoms with Crippen molar-refractivity contribution in [2.45, 2.75) is 61.4 Å². The lowest BCUT2D eigenvalue weighted by Gasteiger charge is -2.45. The van der Waals surface area contributed by atoms with Crippen LogP contribution in [0.25, 0.3) is 0 Å². The molecule has 2 fully saturated rings. The molecule has 0 amide bonds. The standard InChI is InChI=1S/C14H28N2O12/c1-16(24)15-4-25-13-11(23)12(8(20)6(3-18)26-13)28-14-10(22)9(21)7(19)5(2-17)27-14/h5-15,17-24H,2-4H2,1H3/t5-,6-,7-,8-,9+,10-,11-,12+,13-,14+/m1/s1. The van der Waals surface area contributed by atoms with Crippen LogP contribution in [0.3, 0.4) is 0 Å². The van der Waals surface area contributed by atoms with Crippen LogP contribution in [-0.2, 0) is 18.9 Å². The van der Waals surface area contributed by atoms with E-state index in [-0.39, 0.29) is 6.73 Å². The number of nitrogens with zero attached hydrogens (tertiary/aromatic N) is 1. The van der Waals surface area contributed by atoms with Crippen LogP contribution in [0.2, 0.25) is 0 Å². The molecule has 10 atom stereocenters. The summed E-state index contributed by atoms with van der Waals surface area (Å²) in [5, 5.41) is 78.6. The second-order valence-corrected chi connectivity index (χ2v) is 6.50. The van der Waals surface area contributed by atoms with E-state index in [0.717, 1.165) is 0 Å². The Labute approximate surface area is 160 Å². The Kier molecular flexibility index (Phi) is 8.86. The Balaban J connectivity index is 2.09. The molecule has 2 rings (SSSR count). The lowest BCUT2D eigenvalue weighted by atomic mass is 9.97. The molecule has 2 saturated heterocycles. The molecule has 2 aliphatic heterocycles. The summed E-state index contributed by atoms with van der Waals surface area (Å²) < 4.78 is 21.0. The molecule has 0 aromatic heterocycles. The largest absolute Gasteiger partial charge is 0.394 e. The van der Waals surface area contributed by atoms with Gasteiger partial charge in [-0.3, -0.25) is 5.21 Å². The smallest absolute Gasteiger partial charge is 0.188 e. The summed E-state index contributed by atoms with van der Waals surface area (Å²) in [6.45, 7) is -1.65. The molecule has 14 nitrogen and oxygen atoms in total. The highest BCUT2D eigenvalue weighted by atomic mass is 16.7. The molecule has 0 saturated carbocycles. The van der Waals surface area contributed by atoms with E-state index < -0.39 is 74.6 Å². The summed E-state index contributed by atoms with van der Waals surface area (Å²) >= 11 is 0. The second kappa shape index (κ2) is 10.5. The molecule has 9 N–H and O–H groups in total. The Morgan fingerprint density at radius 1 is 0.821 bits per heavy atom. The van der Waals surface area contributed by atoms with E-state index in [9.17, 15) is 35.7 Å². The molecule has 2 heterocycles. The average molecular weight is 416 g/mol. The zero-order valence-electron chi connectivity index (χ0n) is 15.1. The first-order chi connectivity index (χ1) is 13.2. The monoisotopic (exact) mass is 416 g/mol. The fourth-order valence-corrected chi connectivity index (χ4v) is 2.90. The molecule has 166 valence electrons. The van der Waals surface area contributed by atoms with Gasteiger partial charge in [-0.2, -0.15) is 0 Å². The molecular weight excluding hydrogens is 388 g/mol. The van der Waals surface area contributed by atoms with E-state index in [0.29, 0.717) is 5.17 Å². The van der Waals surface area contributed by atoms with E-state index in [1.54, 1.807) is 0 Å². The van der Waals surface area contributed by atoms with Crippen molar-refractivity contribution >= 4 is 0 Å². The van der Waals surface area contributed by atoms with Gasteiger partial charge in [-0.15, -0.1) is 5.17 Å². The maximum atomic E-state index is 10.4. The number of hydroxylamine groups is 1. The van der Waals surface area contributed by atoms with Crippen molar-refractivity contribution in [3.8, 4) is 0 Å². The van der Waals surface area contributed by atoms with Gasteiger partial charge in [-0.25, -0.2) is 5.43 Å². The van der Waals surface area contributed by atoms with Gasteiger partial charge < -0.3 is 54.7 Å². The van der Waals surface area contributed by atoms with Crippen LogP contribution in [0.5, 0.6) is 0 Å². The van der Waals surface area contributed by atoms with E-state index in [2.05, 4.69) is 5.43 Å². The molecule has 14 heteroatoms. The van der Waals surface area contributed by atoms with Crippen LogP contribution in [-0.4, -0.2) is 135 Å². The summed E-state index contributed by atoms with van der Waals surface area (Å²) in [4.78, 5) is 0. The van der Waals surface area contributed by atoms with Gasteiger partial charge in [0.2, 0.25) is 0 Å². The maximum absolute atomic E-state index is 10.4. The zero-order valence-corrected chi connectivity index (χ0v) is 15.1. The third-order valence-electron chi connectivity index (χ3n) is 4.50. The Bertz CT molecular complexity index is 472. The Hall–Kier alpha value is -0.560. The Morgan fingerprint density at radius 2 is 1.39 bits per heavy atom. The minimum absolute atomic E-state index is 0.310. The summed E-state index contributed by atoms with van der Waals surface area (Å²) in [5.41, 5.74) is 2.34. The van der Waals surface area contributed by atoms with Gasteiger partial charge in [-0.05, 0) is 0 Å². The van der Waals surface area contributed by atoms with Crippen LogP contribution >= 0.6 is 0 Å². The van der Waals surface area contributed by atoms with Gasteiger partial charge in [0.25, 0.3) is 0 Å². The number of nitrogens with one attached hydrogen (secondary N) is 1. The predicted molar refractivity (Wildman–Crippen MR) is 85.0 cm³/mol. The summed E-state index contributed by atoms with van der Waals surface area (Å²) in [6, 6.07) is 0. The molecule has 0 spiro atoms. The molecule has 0 radical (unpaired) electrons. The highest BCUT2D eigenvalue weighted by molar-refractivity contribution is 4.94. The molecular formula is C14H28N2O12. The summed E-state index contributed by atoms with van der Waals surface area (Å²) in [6.07, 6.45) is -15.3. The summed E-state index contributed by atoms with van der Waals surface area (Å²) in [5.74, 6) is 0. The van der Waals surface area contributed by atoms with E-state index in [1.807, 2.05) is 0 Å². The number of aliphatic hydroxyl groups excluding tert-OH is 7. The van der Waals surface area contributed by atoms with Crippen LogP contribution < -0.4 is 5.43 Å². The average Bonchev–Trinajstić information content (AvgIpc) is 2.66. The van der Waals surface area contributed by atoms with Crippen LogP contribution in [0, 0.1) is 0 Å². The highest BCUT2D eigenvalue weighted by Crippen LogP contribution is 2.29. The minimum Gasteiger partial charge on any atom is -0.394 e. The van der Waals surface area contributed by atoms with Gasteiger partial charge in [0, 0.05) is 7.05 Å². The van der Waals surface area contributed by atoms with Crippen molar-refractivity contribution in [2.24, 2.45) is 0 Å². The fourth-order valence-electron chi connectivity index (χ4n) is 2.90. The first-order valence-electron chi connectivity index (χ1n) is 8.57. The minimum atomic E-state index is -1.75. The third-order valence-corrected chi connectivity index (χ3v) is 4.50. The highest BCUT2D eigenvalue weighted by Gasteiger charge is 2.50. The zero-order chi connectivity index (χ0) is 21.0. The fraction of sp³-hybridized carbons (Fsp3) is 1.00. The lowest BCUT2D eigenvalue weighted by Crippen LogP contribution is -2.65. The van der Waals surface area contributed by atoms with E-state index >= 15 is 0 Å². The lowest BCUT2D eigenvalue weighted by molar-refractivity contribution is -0.361. The van der Waals surface area contributed by atoms with Crippen molar-refractivity contribution in [1.82, 2.24) is 10.6 Å². The molecule has 0 aromatic rings. The number of ether oxygens (including phenoxy) is 4. The van der Waals surface area contributed by atoms with Gasteiger partial charge >= 0.3 is 0 Å². The Morgan fingerprint density at radius 3 is 1.96 bits per heavy atom. The predicted octanol–water partition coefficient (Wildman–Crippen LogP) is -5.59. The van der Waals surface area contributed by atoms with Gasteiger partial charge in [0.1, 0.15) is 55.6 Å². The molecule has 2 aliphatic rings. The SMILES string of the molecule is CN(O)NCO[C@@H]1O[C@H](CO)[C@@H](O)[C@H](O[C@@H]2O[C@H](CO)[C@@H](O)[C@H](O)[C@H]2O)[C@H]1O. The third kappa shape index (κ3) is 5.32. The van der Waals surface area contributed by atoms with Gasteiger partial charge in [0.05, 0.1) is 13.2 Å². The van der Waals surface area contributed by atoms with Crippen molar-refractivity contribution in [3.63, 3.8) is 0 Å². The van der Waals surface area contributed by atoms with Crippen molar-refractivity contribution in [3.05, 3.63) is 0 Å². The van der Waals surface area contributed by atoms with E-state index in [1.165, 1.54) is 7.05 Å². The van der Waals surface area contributed by atoms with Crippen LogP contribution in [0.4, 0.5) is 0 Å². The maximum Gasteiger partial charge on any atom is 0.188 e. The van der Waals surface area contributed by atoms with Crippen molar-refractivity contribution in [1.29, 1.82) is 0 Å². The van der Waals surface area contributed by atoms with Crippen LogP contribution in [0.1, 0.15) is 0 Å². The first-order valence-corrected chi connectivity index (χ1v) is 8.57. The normalized spacial score (nSPS) is 44.8.